The lowest BCUT2D eigenvalue weighted by atomic mass is 10.1. The van der Waals surface area contributed by atoms with Crippen LogP contribution in [0.3, 0.4) is 0 Å². The number of aromatic amines is 1. The molecule has 1 aliphatic rings. The molecule has 2 aromatic carbocycles. The van der Waals surface area contributed by atoms with E-state index in [1.165, 1.54) is 0 Å². The first-order chi connectivity index (χ1) is 15.2. The van der Waals surface area contributed by atoms with Crippen molar-refractivity contribution in [2.75, 3.05) is 11.9 Å². The summed E-state index contributed by atoms with van der Waals surface area (Å²) in [7, 11) is 0. The van der Waals surface area contributed by atoms with Gasteiger partial charge in [0.2, 0.25) is 0 Å². The zero-order chi connectivity index (χ0) is 21.0. The fourth-order valence-electron chi connectivity index (χ4n) is 3.64. The van der Waals surface area contributed by atoms with Crippen LogP contribution in [-0.4, -0.2) is 33.1 Å². The average molecular weight is 407 g/mol. The molecule has 2 aromatic heterocycles. The predicted molar refractivity (Wildman–Crippen MR) is 123 cm³/mol. The Labute approximate surface area is 179 Å². The number of allylic oxidation sites excluding steroid dienone is 1. The highest BCUT2D eigenvalue weighted by molar-refractivity contribution is 6.08. The van der Waals surface area contributed by atoms with Crippen molar-refractivity contribution in [3.8, 4) is 0 Å². The summed E-state index contributed by atoms with van der Waals surface area (Å²) < 4.78 is 0. The van der Waals surface area contributed by atoms with Crippen molar-refractivity contribution >= 4 is 28.3 Å². The molecular formula is C25H21N5O. The van der Waals surface area contributed by atoms with E-state index < -0.39 is 0 Å². The standard InChI is InChI=1S/C25H21N5O/c31-25(28-24-15-19-7-1-2-10-22(19)27-24)20-8-3-6-18(14-20)17-30-13-5-11-23(29-30)21-9-4-12-26-16-21/h1-12,14-16,27H,13,17H2,(H,28,31). The Bertz CT molecular complexity index is 1260. The molecule has 152 valence electrons. The van der Waals surface area contributed by atoms with Crippen LogP contribution in [0.2, 0.25) is 0 Å². The van der Waals surface area contributed by atoms with Gasteiger partial charge in [0.1, 0.15) is 5.82 Å². The molecule has 0 saturated heterocycles. The first-order valence-corrected chi connectivity index (χ1v) is 10.1. The maximum absolute atomic E-state index is 12.8. The summed E-state index contributed by atoms with van der Waals surface area (Å²) in [5, 5.41) is 10.7. The molecule has 0 radical (unpaired) electrons. The van der Waals surface area contributed by atoms with Crippen LogP contribution in [0.5, 0.6) is 0 Å². The summed E-state index contributed by atoms with van der Waals surface area (Å²) in [4.78, 5) is 20.2. The molecule has 0 unspecified atom stereocenters. The van der Waals surface area contributed by atoms with Crippen LogP contribution >= 0.6 is 0 Å². The second-order valence-electron chi connectivity index (χ2n) is 7.40. The first-order valence-electron chi connectivity index (χ1n) is 10.1. The van der Waals surface area contributed by atoms with Crippen molar-refractivity contribution in [2.45, 2.75) is 6.54 Å². The number of anilines is 1. The number of para-hydroxylation sites is 1. The molecule has 6 nitrogen and oxygen atoms in total. The highest BCUT2D eigenvalue weighted by Crippen LogP contribution is 2.19. The van der Waals surface area contributed by atoms with Gasteiger partial charge in [-0.05, 0) is 48.0 Å². The van der Waals surface area contributed by atoms with Crippen LogP contribution in [-0.2, 0) is 6.54 Å². The molecule has 31 heavy (non-hydrogen) atoms. The number of nitrogens with one attached hydrogen (secondary N) is 2. The highest BCUT2D eigenvalue weighted by atomic mass is 16.1. The number of fused-ring (bicyclic) bond motifs is 1. The third kappa shape index (κ3) is 4.23. The minimum atomic E-state index is -0.147. The van der Waals surface area contributed by atoms with E-state index in [2.05, 4.69) is 21.4 Å². The molecule has 0 saturated carbocycles. The maximum atomic E-state index is 12.8. The molecule has 1 amide bonds. The molecular weight excluding hydrogens is 386 g/mol. The van der Waals surface area contributed by atoms with Gasteiger partial charge in [-0.15, -0.1) is 0 Å². The van der Waals surface area contributed by atoms with Crippen molar-refractivity contribution < 1.29 is 4.79 Å². The summed E-state index contributed by atoms with van der Waals surface area (Å²) >= 11 is 0. The number of hydrazone groups is 1. The summed E-state index contributed by atoms with van der Waals surface area (Å²) in [6.45, 7) is 1.33. The van der Waals surface area contributed by atoms with Crippen LogP contribution < -0.4 is 5.32 Å². The smallest absolute Gasteiger partial charge is 0.256 e. The summed E-state index contributed by atoms with van der Waals surface area (Å²) in [5.74, 6) is 0.537. The highest BCUT2D eigenvalue weighted by Gasteiger charge is 2.12. The first kappa shape index (κ1) is 18.8. The number of hydrogen-bond acceptors (Lipinski definition) is 4. The van der Waals surface area contributed by atoms with Crippen molar-refractivity contribution in [3.63, 3.8) is 0 Å². The average Bonchev–Trinajstić information content (AvgIpc) is 3.22. The summed E-state index contributed by atoms with van der Waals surface area (Å²) in [6.07, 6.45) is 7.65. The molecule has 0 aliphatic carbocycles. The minimum Gasteiger partial charge on any atom is -0.341 e. The lowest BCUT2D eigenvalue weighted by molar-refractivity contribution is 0.102. The number of hydrogen-bond donors (Lipinski definition) is 2. The fraction of sp³-hybridized carbons (Fsp3) is 0.0800. The zero-order valence-electron chi connectivity index (χ0n) is 16.8. The fourth-order valence-corrected chi connectivity index (χ4v) is 3.64. The second-order valence-corrected chi connectivity index (χ2v) is 7.40. The number of benzene rings is 2. The quantitative estimate of drug-likeness (QED) is 0.508. The van der Waals surface area contributed by atoms with Gasteiger partial charge in [-0.1, -0.05) is 36.4 Å². The Balaban J connectivity index is 1.30. The van der Waals surface area contributed by atoms with E-state index in [0.717, 1.165) is 34.3 Å². The molecule has 0 spiro atoms. The molecule has 3 heterocycles. The largest absolute Gasteiger partial charge is 0.341 e. The Kier molecular flexibility index (Phi) is 5.02. The van der Waals surface area contributed by atoms with E-state index in [4.69, 9.17) is 5.10 Å². The number of rotatable bonds is 5. The van der Waals surface area contributed by atoms with Crippen LogP contribution in [0.15, 0.2) is 96.4 Å². The van der Waals surface area contributed by atoms with E-state index in [0.29, 0.717) is 17.9 Å². The number of pyridine rings is 1. The van der Waals surface area contributed by atoms with Gasteiger partial charge in [-0.25, -0.2) is 0 Å². The van der Waals surface area contributed by atoms with Gasteiger partial charge in [0.15, 0.2) is 0 Å². The summed E-state index contributed by atoms with van der Waals surface area (Å²) in [6, 6.07) is 21.4. The molecule has 0 atom stereocenters. The number of nitrogens with zero attached hydrogens (tertiary/aromatic N) is 3. The third-order valence-corrected chi connectivity index (χ3v) is 5.13. The van der Waals surface area contributed by atoms with Crippen molar-refractivity contribution in [2.24, 2.45) is 5.10 Å². The molecule has 0 fully saturated rings. The normalized spacial score (nSPS) is 13.3. The van der Waals surface area contributed by atoms with Gasteiger partial charge >= 0.3 is 0 Å². The Hall–Kier alpha value is -4.19. The number of carbonyl (C=O) groups excluding carboxylic acids is 1. The lowest BCUT2D eigenvalue weighted by Crippen LogP contribution is -2.23. The SMILES string of the molecule is O=C(Nc1cc2ccccc2[nH]1)c1cccc(CN2CC=CC(c3cccnc3)=N2)c1. The van der Waals surface area contributed by atoms with Gasteiger partial charge in [0.05, 0.1) is 18.8 Å². The Morgan fingerprint density at radius 1 is 1.06 bits per heavy atom. The van der Waals surface area contributed by atoms with E-state index in [1.54, 1.807) is 6.20 Å². The monoisotopic (exact) mass is 407 g/mol. The molecule has 6 heteroatoms. The lowest BCUT2D eigenvalue weighted by Gasteiger charge is -2.22. The van der Waals surface area contributed by atoms with Gasteiger partial charge < -0.3 is 10.3 Å². The Morgan fingerprint density at radius 3 is 2.87 bits per heavy atom. The molecule has 4 aromatic rings. The number of H-pyrrole nitrogens is 1. The van der Waals surface area contributed by atoms with Crippen molar-refractivity contribution in [3.05, 3.63) is 108 Å². The van der Waals surface area contributed by atoms with E-state index in [9.17, 15) is 4.79 Å². The maximum Gasteiger partial charge on any atom is 0.256 e. The molecule has 2 N–H and O–H groups in total. The van der Waals surface area contributed by atoms with Crippen LogP contribution in [0.4, 0.5) is 5.82 Å². The van der Waals surface area contributed by atoms with E-state index in [-0.39, 0.29) is 5.91 Å². The van der Waals surface area contributed by atoms with Crippen LogP contribution in [0.1, 0.15) is 21.5 Å². The second kappa shape index (κ2) is 8.28. The minimum absolute atomic E-state index is 0.147. The van der Waals surface area contributed by atoms with Gasteiger partial charge in [0.25, 0.3) is 5.91 Å². The third-order valence-electron chi connectivity index (χ3n) is 5.13. The molecule has 5 rings (SSSR count). The topological polar surface area (TPSA) is 73.4 Å². The number of carbonyl (C=O) groups is 1. The van der Waals surface area contributed by atoms with Crippen molar-refractivity contribution in [1.82, 2.24) is 15.0 Å². The molecule has 1 aliphatic heterocycles. The van der Waals surface area contributed by atoms with Crippen LogP contribution in [0.25, 0.3) is 10.9 Å². The number of aromatic nitrogens is 2. The van der Waals surface area contributed by atoms with Crippen LogP contribution in [0, 0.1) is 0 Å². The predicted octanol–water partition coefficient (Wildman–Crippen LogP) is 4.59. The Morgan fingerprint density at radius 2 is 2.00 bits per heavy atom. The zero-order valence-corrected chi connectivity index (χ0v) is 16.8. The van der Waals surface area contributed by atoms with Gasteiger partial charge in [-0.2, -0.15) is 5.10 Å². The van der Waals surface area contributed by atoms with E-state index in [1.807, 2.05) is 84.0 Å². The van der Waals surface area contributed by atoms with E-state index >= 15 is 0 Å². The number of amides is 1. The van der Waals surface area contributed by atoms with Gasteiger partial charge in [-0.3, -0.25) is 14.8 Å². The van der Waals surface area contributed by atoms with Gasteiger partial charge in [0, 0.05) is 34.4 Å². The van der Waals surface area contributed by atoms with Crippen molar-refractivity contribution in [1.29, 1.82) is 0 Å². The summed E-state index contributed by atoms with van der Waals surface area (Å²) in [5.41, 5.74) is 4.49. The molecule has 0 bridgehead atoms.